The van der Waals surface area contributed by atoms with Gasteiger partial charge in [-0.1, -0.05) is 6.07 Å². The van der Waals surface area contributed by atoms with Crippen molar-refractivity contribution in [3.8, 4) is 5.69 Å². The zero-order valence-electron chi connectivity index (χ0n) is 9.69. The second kappa shape index (κ2) is 3.93. The lowest BCUT2D eigenvalue weighted by Crippen LogP contribution is -2.00. The molecule has 0 saturated carbocycles. The van der Waals surface area contributed by atoms with Crippen molar-refractivity contribution in [1.29, 1.82) is 0 Å². The van der Waals surface area contributed by atoms with Crippen molar-refractivity contribution in [1.82, 2.24) is 9.78 Å². The van der Waals surface area contributed by atoms with Crippen LogP contribution in [0.25, 0.3) is 5.69 Å². The standard InChI is InChI=1S/C13H14N2O/c1-9-4-5-13(6-10(9)2)15-11(3)7-12(8-16)14-15/h4-8H,1-3H3. The van der Waals surface area contributed by atoms with Crippen LogP contribution in [0.3, 0.4) is 0 Å². The Balaban J connectivity index is 2.53. The molecule has 16 heavy (non-hydrogen) atoms. The molecule has 0 radical (unpaired) electrons. The lowest BCUT2D eigenvalue weighted by molar-refractivity contribution is 0.111. The van der Waals surface area contributed by atoms with Gasteiger partial charge in [0.1, 0.15) is 5.69 Å². The molecule has 1 aromatic carbocycles. The Morgan fingerprint density at radius 3 is 2.44 bits per heavy atom. The van der Waals surface area contributed by atoms with Crippen LogP contribution in [-0.2, 0) is 0 Å². The Morgan fingerprint density at radius 2 is 1.88 bits per heavy atom. The fraction of sp³-hybridized carbons (Fsp3) is 0.231. The molecule has 1 aromatic heterocycles. The summed E-state index contributed by atoms with van der Waals surface area (Å²) in [6.07, 6.45) is 0.768. The van der Waals surface area contributed by atoms with E-state index >= 15 is 0 Å². The van der Waals surface area contributed by atoms with Crippen molar-refractivity contribution >= 4 is 6.29 Å². The number of aromatic nitrogens is 2. The minimum absolute atomic E-state index is 0.468. The molecular formula is C13H14N2O. The number of hydrogen-bond donors (Lipinski definition) is 0. The number of carbonyl (C=O) groups is 1. The summed E-state index contributed by atoms with van der Waals surface area (Å²) in [5, 5.41) is 4.22. The van der Waals surface area contributed by atoms with E-state index in [0.29, 0.717) is 5.69 Å². The van der Waals surface area contributed by atoms with Gasteiger partial charge in [0.2, 0.25) is 0 Å². The normalized spacial score (nSPS) is 10.4. The van der Waals surface area contributed by atoms with E-state index in [4.69, 9.17) is 0 Å². The minimum atomic E-state index is 0.468. The van der Waals surface area contributed by atoms with Crippen LogP contribution in [0.2, 0.25) is 0 Å². The van der Waals surface area contributed by atoms with Gasteiger partial charge in [0, 0.05) is 5.69 Å². The molecule has 3 heteroatoms. The molecule has 0 saturated heterocycles. The summed E-state index contributed by atoms with van der Waals surface area (Å²) >= 11 is 0. The first-order valence-corrected chi connectivity index (χ1v) is 5.21. The molecule has 2 aromatic rings. The molecule has 0 amide bonds. The SMILES string of the molecule is Cc1ccc(-n2nc(C=O)cc2C)cc1C. The van der Waals surface area contributed by atoms with Crippen LogP contribution < -0.4 is 0 Å². The molecule has 0 aliphatic carbocycles. The predicted octanol–water partition coefficient (Wildman–Crippen LogP) is 2.61. The molecular weight excluding hydrogens is 200 g/mol. The molecule has 0 bridgehead atoms. The van der Waals surface area contributed by atoms with Crippen molar-refractivity contribution in [3.63, 3.8) is 0 Å². The molecule has 0 spiro atoms. The second-order valence-corrected chi connectivity index (χ2v) is 4.01. The molecule has 0 N–H and O–H groups in total. The number of rotatable bonds is 2. The van der Waals surface area contributed by atoms with Gasteiger partial charge < -0.3 is 0 Å². The monoisotopic (exact) mass is 214 g/mol. The van der Waals surface area contributed by atoms with Crippen molar-refractivity contribution in [3.05, 3.63) is 46.8 Å². The molecule has 0 aliphatic heterocycles. The number of benzene rings is 1. The Kier molecular flexibility index (Phi) is 2.60. The van der Waals surface area contributed by atoms with E-state index in [1.165, 1.54) is 11.1 Å². The lowest BCUT2D eigenvalue weighted by atomic mass is 10.1. The van der Waals surface area contributed by atoms with E-state index in [-0.39, 0.29) is 0 Å². The topological polar surface area (TPSA) is 34.9 Å². The van der Waals surface area contributed by atoms with Gasteiger partial charge in [-0.2, -0.15) is 5.10 Å². The third-order valence-corrected chi connectivity index (χ3v) is 2.76. The first-order chi connectivity index (χ1) is 7.61. The maximum Gasteiger partial charge on any atom is 0.170 e. The lowest BCUT2D eigenvalue weighted by Gasteiger charge is -2.06. The zero-order valence-corrected chi connectivity index (χ0v) is 9.69. The summed E-state index contributed by atoms with van der Waals surface area (Å²) in [6.45, 7) is 6.08. The highest BCUT2D eigenvalue weighted by Gasteiger charge is 2.06. The highest BCUT2D eigenvalue weighted by Crippen LogP contribution is 2.15. The number of hydrogen-bond acceptors (Lipinski definition) is 2. The molecule has 0 unspecified atom stereocenters. The van der Waals surface area contributed by atoms with E-state index in [9.17, 15) is 4.79 Å². The first-order valence-electron chi connectivity index (χ1n) is 5.21. The Bertz CT molecular complexity index is 541. The third-order valence-electron chi connectivity index (χ3n) is 2.76. The van der Waals surface area contributed by atoms with Gasteiger partial charge in [-0.15, -0.1) is 0 Å². The van der Waals surface area contributed by atoms with Gasteiger partial charge in [-0.25, -0.2) is 4.68 Å². The van der Waals surface area contributed by atoms with Crippen LogP contribution in [0.15, 0.2) is 24.3 Å². The fourth-order valence-corrected chi connectivity index (χ4v) is 1.67. The number of nitrogens with zero attached hydrogens (tertiary/aromatic N) is 2. The molecule has 2 rings (SSSR count). The molecule has 3 nitrogen and oxygen atoms in total. The van der Waals surface area contributed by atoms with Crippen molar-refractivity contribution in [2.24, 2.45) is 0 Å². The van der Waals surface area contributed by atoms with Gasteiger partial charge >= 0.3 is 0 Å². The first kappa shape index (κ1) is 10.6. The number of carbonyl (C=O) groups excluding carboxylic acids is 1. The van der Waals surface area contributed by atoms with E-state index < -0.39 is 0 Å². The van der Waals surface area contributed by atoms with Gasteiger partial charge in [0.05, 0.1) is 5.69 Å². The zero-order chi connectivity index (χ0) is 11.7. The van der Waals surface area contributed by atoms with Gasteiger partial charge in [0.15, 0.2) is 6.29 Å². The summed E-state index contributed by atoms with van der Waals surface area (Å²) in [4.78, 5) is 10.6. The average molecular weight is 214 g/mol. The molecule has 0 aliphatic rings. The molecule has 0 atom stereocenters. The van der Waals surface area contributed by atoms with Crippen LogP contribution in [0.1, 0.15) is 27.3 Å². The molecule has 1 heterocycles. The van der Waals surface area contributed by atoms with Gasteiger partial charge in [-0.3, -0.25) is 4.79 Å². The second-order valence-electron chi connectivity index (χ2n) is 4.01. The van der Waals surface area contributed by atoms with Gasteiger partial charge in [0.25, 0.3) is 0 Å². The van der Waals surface area contributed by atoms with Crippen molar-refractivity contribution in [2.45, 2.75) is 20.8 Å². The van der Waals surface area contributed by atoms with E-state index in [0.717, 1.165) is 17.7 Å². The summed E-state index contributed by atoms with van der Waals surface area (Å²) in [7, 11) is 0. The Labute approximate surface area is 94.7 Å². The Hall–Kier alpha value is -1.90. The Morgan fingerprint density at radius 1 is 1.12 bits per heavy atom. The quantitative estimate of drug-likeness (QED) is 0.720. The highest BCUT2D eigenvalue weighted by molar-refractivity contribution is 5.72. The highest BCUT2D eigenvalue weighted by atomic mass is 16.1. The van der Waals surface area contributed by atoms with Crippen molar-refractivity contribution in [2.75, 3.05) is 0 Å². The largest absolute Gasteiger partial charge is 0.296 e. The van der Waals surface area contributed by atoms with Crippen LogP contribution in [0.4, 0.5) is 0 Å². The number of aryl methyl sites for hydroxylation is 3. The molecule has 82 valence electrons. The van der Waals surface area contributed by atoms with E-state index in [1.54, 1.807) is 10.7 Å². The number of aldehydes is 1. The van der Waals surface area contributed by atoms with Gasteiger partial charge in [-0.05, 0) is 50.1 Å². The fourth-order valence-electron chi connectivity index (χ4n) is 1.67. The third kappa shape index (κ3) is 1.76. The van der Waals surface area contributed by atoms with Crippen LogP contribution >= 0.6 is 0 Å². The van der Waals surface area contributed by atoms with Crippen LogP contribution in [0.5, 0.6) is 0 Å². The summed E-state index contributed by atoms with van der Waals surface area (Å²) in [5.41, 5.74) is 4.90. The predicted molar refractivity (Wildman–Crippen MR) is 63.2 cm³/mol. The summed E-state index contributed by atoms with van der Waals surface area (Å²) < 4.78 is 1.79. The minimum Gasteiger partial charge on any atom is -0.296 e. The smallest absolute Gasteiger partial charge is 0.170 e. The maximum atomic E-state index is 10.6. The summed E-state index contributed by atoms with van der Waals surface area (Å²) in [5.74, 6) is 0. The van der Waals surface area contributed by atoms with Crippen LogP contribution in [0, 0.1) is 20.8 Å². The van der Waals surface area contributed by atoms with Crippen LogP contribution in [-0.4, -0.2) is 16.1 Å². The maximum absolute atomic E-state index is 10.6. The van der Waals surface area contributed by atoms with E-state index in [1.807, 2.05) is 13.0 Å². The average Bonchev–Trinajstić information content (AvgIpc) is 2.64. The van der Waals surface area contributed by atoms with Crippen molar-refractivity contribution < 1.29 is 4.79 Å². The summed E-state index contributed by atoms with van der Waals surface area (Å²) in [6, 6.07) is 7.93. The molecule has 0 fully saturated rings. The van der Waals surface area contributed by atoms with E-state index in [2.05, 4.69) is 31.1 Å².